The van der Waals surface area contributed by atoms with Gasteiger partial charge in [-0.1, -0.05) is 5.10 Å². The average molecular weight is 330 g/mol. The van der Waals surface area contributed by atoms with Crippen LogP contribution in [0.4, 0.5) is 10.5 Å². The van der Waals surface area contributed by atoms with Crippen LogP contribution in [0.2, 0.25) is 0 Å². The molecule has 1 aliphatic heterocycles. The average Bonchev–Trinajstić information content (AvgIpc) is 3.11. The van der Waals surface area contributed by atoms with Crippen LogP contribution in [-0.2, 0) is 4.79 Å². The van der Waals surface area contributed by atoms with Crippen LogP contribution in [0.3, 0.4) is 0 Å². The highest BCUT2D eigenvalue weighted by atomic mass is 16.6. The monoisotopic (exact) mass is 330 g/mol. The fourth-order valence-electron chi connectivity index (χ4n) is 2.08. The molecular formula is C14H10N4O6. The Hall–Kier alpha value is -3.37. The molecule has 0 spiro atoms. The molecule has 24 heavy (non-hydrogen) atoms. The molecule has 0 radical (unpaired) electrons. The zero-order valence-corrected chi connectivity index (χ0v) is 12.0. The third-order valence-electron chi connectivity index (χ3n) is 3.28. The maximum absolute atomic E-state index is 12.0. The molecule has 3 amide bonds. The van der Waals surface area contributed by atoms with Crippen molar-refractivity contribution < 1.29 is 23.7 Å². The largest absolute Gasteiger partial charge is 0.595 e. The van der Waals surface area contributed by atoms with Crippen molar-refractivity contribution in [1.82, 2.24) is 5.32 Å². The van der Waals surface area contributed by atoms with Crippen molar-refractivity contribution in [3.8, 4) is 11.3 Å². The molecule has 1 atom stereocenters. The first kappa shape index (κ1) is 15.5. The van der Waals surface area contributed by atoms with Crippen LogP contribution in [0.25, 0.3) is 11.3 Å². The van der Waals surface area contributed by atoms with Crippen LogP contribution in [0.15, 0.2) is 45.9 Å². The van der Waals surface area contributed by atoms with Crippen LogP contribution in [-0.4, -0.2) is 34.4 Å². The maximum Gasteiger partial charge on any atom is 0.450 e. The highest BCUT2D eigenvalue weighted by molar-refractivity contribution is 5.97. The number of nitro groups is 1. The van der Waals surface area contributed by atoms with Crippen molar-refractivity contribution in [2.75, 3.05) is 6.54 Å². The molecule has 1 saturated heterocycles. The summed E-state index contributed by atoms with van der Waals surface area (Å²) < 4.78 is 3.78. The molecule has 0 aliphatic carbocycles. The molecule has 0 saturated carbocycles. The molecule has 1 aromatic carbocycles. The third-order valence-corrected chi connectivity index (χ3v) is 3.28. The molecule has 10 nitrogen and oxygen atoms in total. The smallest absolute Gasteiger partial charge is 0.450 e. The van der Waals surface area contributed by atoms with Crippen molar-refractivity contribution >= 4 is 23.8 Å². The van der Waals surface area contributed by atoms with Gasteiger partial charge in [-0.3, -0.25) is 14.9 Å². The van der Waals surface area contributed by atoms with Crippen molar-refractivity contribution in [3.63, 3.8) is 0 Å². The van der Waals surface area contributed by atoms with Gasteiger partial charge >= 0.3 is 6.03 Å². The number of non-ortho nitro benzene ring substituents is 1. The minimum Gasteiger partial charge on any atom is -0.595 e. The summed E-state index contributed by atoms with van der Waals surface area (Å²) in [5.41, 5.74) is 0.551. The van der Waals surface area contributed by atoms with Gasteiger partial charge < -0.3 is 9.62 Å². The van der Waals surface area contributed by atoms with Crippen LogP contribution >= 0.6 is 0 Å². The van der Waals surface area contributed by atoms with Gasteiger partial charge in [0.2, 0.25) is 0 Å². The van der Waals surface area contributed by atoms with Crippen molar-refractivity contribution in [2.24, 2.45) is 5.10 Å². The summed E-state index contributed by atoms with van der Waals surface area (Å²) >= 11 is 0. The van der Waals surface area contributed by atoms with Gasteiger partial charge in [0.05, 0.1) is 4.92 Å². The van der Waals surface area contributed by atoms with E-state index in [-0.39, 0.29) is 11.4 Å². The lowest BCUT2D eigenvalue weighted by atomic mass is 10.1. The minimum absolute atomic E-state index is 0.0467. The molecule has 122 valence electrons. The molecule has 1 N–H and O–H groups in total. The van der Waals surface area contributed by atoms with E-state index in [0.717, 1.165) is 6.21 Å². The zero-order valence-electron chi connectivity index (χ0n) is 12.0. The lowest BCUT2D eigenvalue weighted by Crippen LogP contribution is -2.39. The van der Waals surface area contributed by atoms with Gasteiger partial charge in [-0.05, 0) is 24.3 Å². The van der Waals surface area contributed by atoms with Crippen molar-refractivity contribution in [2.45, 2.75) is 0 Å². The van der Waals surface area contributed by atoms with E-state index in [1.54, 1.807) is 6.07 Å². The number of hydrogen-bond donors (Lipinski definition) is 1. The Bertz CT molecular complexity index is 856. The number of carbonyl (C=O) groups is 2. The SMILES string of the molecule is O=C1C[N+]([O-])(N=Cc2ccc(-c3ccc([N+](=O)[O-])cc3)o2)C(=O)N1. The second kappa shape index (κ2) is 5.68. The molecular weight excluding hydrogens is 320 g/mol. The van der Waals surface area contributed by atoms with Crippen molar-refractivity contribution in [3.05, 3.63) is 57.5 Å². The van der Waals surface area contributed by atoms with Crippen LogP contribution in [0.1, 0.15) is 5.76 Å². The number of imide groups is 1. The van der Waals surface area contributed by atoms with Gasteiger partial charge in [-0.25, -0.2) is 10.1 Å². The number of carbonyl (C=O) groups excluding carboxylic acids is 2. The normalized spacial score (nSPS) is 20.5. The molecule has 1 aromatic heterocycles. The summed E-state index contributed by atoms with van der Waals surface area (Å²) in [5, 5.41) is 28.0. The van der Waals surface area contributed by atoms with E-state index in [1.807, 2.05) is 5.32 Å². The molecule has 2 aromatic rings. The highest BCUT2D eigenvalue weighted by Gasteiger charge is 2.40. The number of quaternary nitrogens is 1. The first-order valence-corrected chi connectivity index (χ1v) is 6.71. The second-order valence-electron chi connectivity index (χ2n) is 4.96. The van der Waals surface area contributed by atoms with E-state index >= 15 is 0 Å². The van der Waals surface area contributed by atoms with Gasteiger partial charge in [0.25, 0.3) is 11.6 Å². The number of rotatable bonds is 4. The van der Waals surface area contributed by atoms with E-state index in [1.165, 1.54) is 30.3 Å². The number of furan rings is 1. The van der Waals surface area contributed by atoms with E-state index < -0.39 is 28.2 Å². The van der Waals surface area contributed by atoms with E-state index in [4.69, 9.17) is 4.42 Å². The predicted octanol–water partition coefficient (Wildman–Crippen LogP) is 1.75. The maximum atomic E-state index is 12.0. The predicted molar refractivity (Wildman–Crippen MR) is 80.4 cm³/mol. The number of hydroxylamine groups is 2. The first-order valence-electron chi connectivity index (χ1n) is 6.71. The molecule has 2 heterocycles. The quantitative estimate of drug-likeness (QED) is 0.226. The number of urea groups is 1. The Morgan fingerprint density at radius 1 is 1.21 bits per heavy atom. The fraction of sp³-hybridized carbons (Fsp3) is 0.0714. The Morgan fingerprint density at radius 2 is 1.92 bits per heavy atom. The molecule has 0 bridgehead atoms. The molecule has 1 aliphatic rings. The molecule has 3 rings (SSSR count). The second-order valence-corrected chi connectivity index (χ2v) is 4.96. The summed E-state index contributed by atoms with van der Waals surface area (Å²) in [7, 11) is 0. The highest BCUT2D eigenvalue weighted by Crippen LogP contribution is 2.24. The van der Waals surface area contributed by atoms with E-state index in [0.29, 0.717) is 11.3 Å². The molecule has 1 fully saturated rings. The Morgan fingerprint density at radius 3 is 2.50 bits per heavy atom. The standard InChI is InChI=1S/C14H10N4O6/c19-13-8-18(23,14(20)16-13)15-7-11-5-6-12(24-11)9-1-3-10(4-2-9)17(21)22/h1-7H,8H2,(H,16,19,20). The van der Waals surface area contributed by atoms with Gasteiger partial charge in [-0.15, -0.1) is 4.76 Å². The van der Waals surface area contributed by atoms with E-state index in [2.05, 4.69) is 5.10 Å². The summed E-state index contributed by atoms with van der Waals surface area (Å²) in [6, 6.07) is 7.76. The Balaban J connectivity index is 1.78. The lowest BCUT2D eigenvalue weighted by molar-refractivity contribution is -0.790. The fourth-order valence-corrected chi connectivity index (χ4v) is 2.08. The van der Waals surface area contributed by atoms with Crippen LogP contribution in [0.5, 0.6) is 0 Å². The minimum atomic E-state index is -1.67. The molecule has 1 unspecified atom stereocenters. The first-order chi connectivity index (χ1) is 11.4. The number of nitrogens with one attached hydrogen (secondary N) is 1. The van der Waals surface area contributed by atoms with Crippen molar-refractivity contribution in [1.29, 1.82) is 0 Å². The topological polar surface area (TPSA) is 138 Å². The third kappa shape index (κ3) is 2.91. The summed E-state index contributed by atoms with van der Waals surface area (Å²) in [6.07, 6.45) is 1.06. The number of amides is 3. The van der Waals surface area contributed by atoms with Crippen LogP contribution in [0, 0.1) is 15.3 Å². The van der Waals surface area contributed by atoms with Gasteiger partial charge in [0.15, 0.2) is 12.3 Å². The molecule has 10 heteroatoms. The summed E-state index contributed by atoms with van der Waals surface area (Å²) in [4.78, 5) is 32.5. The number of benzene rings is 1. The van der Waals surface area contributed by atoms with Gasteiger partial charge in [-0.2, -0.15) is 0 Å². The number of nitrogens with zero attached hydrogens (tertiary/aromatic N) is 3. The summed E-state index contributed by atoms with van der Waals surface area (Å²) in [5.74, 6) is -0.0900. The number of nitro benzene ring substituents is 1. The summed E-state index contributed by atoms with van der Waals surface area (Å²) in [6.45, 7) is -0.620. The Labute approximate surface area is 134 Å². The van der Waals surface area contributed by atoms with E-state index in [9.17, 15) is 24.9 Å². The van der Waals surface area contributed by atoms with Crippen LogP contribution < -0.4 is 5.32 Å². The Kier molecular flexibility index (Phi) is 3.67. The van der Waals surface area contributed by atoms with Gasteiger partial charge in [0.1, 0.15) is 12.0 Å². The lowest BCUT2D eigenvalue weighted by Gasteiger charge is -2.23. The number of hydrogen-bond acceptors (Lipinski definition) is 7. The van der Waals surface area contributed by atoms with Gasteiger partial charge in [0, 0.05) is 17.7 Å². The zero-order chi connectivity index (χ0) is 17.3.